The summed E-state index contributed by atoms with van der Waals surface area (Å²) in [6.45, 7) is 2.75. The maximum absolute atomic E-state index is 11.9. The van der Waals surface area contributed by atoms with Gasteiger partial charge in [0, 0.05) is 11.4 Å². The van der Waals surface area contributed by atoms with Gasteiger partial charge in [0.15, 0.2) is 0 Å². The van der Waals surface area contributed by atoms with Crippen LogP contribution in [0, 0.1) is 0 Å². The van der Waals surface area contributed by atoms with E-state index < -0.39 is 0 Å². The minimum Gasteiger partial charge on any atom is -0.861 e. The molecule has 0 unspecified atom stereocenters. The van der Waals surface area contributed by atoms with Gasteiger partial charge in [-0.2, -0.15) is 0 Å². The summed E-state index contributed by atoms with van der Waals surface area (Å²) >= 11 is 1.48. The molecule has 2 aliphatic rings. The van der Waals surface area contributed by atoms with Gasteiger partial charge in [-0.05, 0) is 29.7 Å². The number of aromatic nitrogens is 2. The Labute approximate surface area is 138 Å². The third-order valence-electron chi connectivity index (χ3n) is 3.48. The molecule has 0 aromatic carbocycles. The van der Waals surface area contributed by atoms with Crippen molar-refractivity contribution in [3.05, 3.63) is 29.0 Å². The van der Waals surface area contributed by atoms with Gasteiger partial charge >= 0.3 is 5.88 Å². The fourth-order valence-corrected chi connectivity index (χ4v) is 3.02. The van der Waals surface area contributed by atoms with Crippen molar-refractivity contribution in [2.75, 3.05) is 37.1 Å². The highest BCUT2D eigenvalue weighted by atomic mass is 32.2. The Hall–Kier alpha value is -2.00. The summed E-state index contributed by atoms with van der Waals surface area (Å²) in [5.74, 6) is 0.241. The second kappa shape index (κ2) is 7.51. The Kier molecular flexibility index (Phi) is 5.19. The molecule has 23 heavy (non-hydrogen) atoms. The summed E-state index contributed by atoms with van der Waals surface area (Å²) in [7, 11) is 0. The lowest BCUT2D eigenvalue weighted by Gasteiger charge is -2.18. The largest absolute Gasteiger partial charge is 0.861 e. The molecular formula is C14H19N5O3S. The third-order valence-corrected chi connectivity index (χ3v) is 4.58. The highest BCUT2D eigenvalue weighted by Gasteiger charge is 2.22. The predicted molar refractivity (Wildman–Crippen MR) is 84.6 cm³/mol. The number of thioether (sulfide) groups is 1. The predicted octanol–water partition coefficient (Wildman–Crippen LogP) is -0.426. The SMILES string of the molecule is NC1=CC=C(SC/C([O-])=N\c2c[n+](N3CCOCC3)no2)CC1. The van der Waals surface area contributed by atoms with E-state index in [1.165, 1.54) is 11.8 Å². The minimum absolute atomic E-state index is 0.212. The van der Waals surface area contributed by atoms with E-state index in [1.807, 2.05) is 17.2 Å². The summed E-state index contributed by atoms with van der Waals surface area (Å²) in [4.78, 5) is 6.65. The Morgan fingerprint density at radius 2 is 2.22 bits per heavy atom. The van der Waals surface area contributed by atoms with Crippen molar-refractivity contribution in [2.45, 2.75) is 12.8 Å². The van der Waals surface area contributed by atoms with Crippen LogP contribution in [-0.4, -0.2) is 43.2 Å². The van der Waals surface area contributed by atoms with Gasteiger partial charge in [0.05, 0.1) is 31.1 Å². The fraction of sp³-hybridized carbons (Fsp3) is 0.500. The molecule has 9 heteroatoms. The van der Waals surface area contributed by atoms with Crippen LogP contribution in [0.25, 0.3) is 0 Å². The van der Waals surface area contributed by atoms with Crippen molar-refractivity contribution in [1.29, 1.82) is 0 Å². The van der Waals surface area contributed by atoms with Gasteiger partial charge in [0.25, 0.3) is 6.20 Å². The van der Waals surface area contributed by atoms with Gasteiger partial charge < -0.3 is 15.6 Å². The summed E-state index contributed by atoms with van der Waals surface area (Å²) in [6.07, 6.45) is 7.16. The third kappa shape index (κ3) is 4.49. The zero-order valence-electron chi connectivity index (χ0n) is 12.7. The van der Waals surface area contributed by atoms with Crippen molar-refractivity contribution in [1.82, 2.24) is 5.27 Å². The van der Waals surface area contributed by atoms with Crippen LogP contribution >= 0.6 is 11.8 Å². The van der Waals surface area contributed by atoms with Gasteiger partial charge in [-0.15, -0.1) is 16.8 Å². The van der Waals surface area contributed by atoms with Crippen molar-refractivity contribution in [3.63, 3.8) is 0 Å². The zero-order chi connectivity index (χ0) is 16.1. The molecule has 0 bridgehead atoms. The second-order valence-electron chi connectivity index (χ2n) is 5.20. The van der Waals surface area contributed by atoms with Crippen LogP contribution in [0.15, 0.2) is 38.5 Å². The summed E-state index contributed by atoms with van der Waals surface area (Å²) in [6, 6.07) is 0. The molecule has 0 radical (unpaired) electrons. The molecule has 1 aliphatic heterocycles. The molecule has 8 nitrogen and oxygen atoms in total. The van der Waals surface area contributed by atoms with Crippen molar-refractivity contribution >= 4 is 23.5 Å². The standard InChI is InChI=1S/C14H19N5O3S/c15-11-1-3-12(4-2-11)23-10-13(20)16-14-9-19(17-22-14)18-5-7-21-8-6-18/h1,3,9H,2,4-8,10,15H2. The molecule has 1 saturated heterocycles. The van der Waals surface area contributed by atoms with Gasteiger partial charge in [-0.25, -0.2) is 4.99 Å². The molecule has 2 heterocycles. The molecule has 1 aromatic rings. The smallest absolute Gasteiger partial charge is 0.324 e. The summed E-state index contributed by atoms with van der Waals surface area (Å²) in [5.41, 5.74) is 6.58. The van der Waals surface area contributed by atoms with E-state index in [0.29, 0.717) is 13.2 Å². The lowest BCUT2D eigenvalue weighted by molar-refractivity contribution is -0.759. The molecular weight excluding hydrogens is 318 g/mol. The van der Waals surface area contributed by atoms with Gasteiger partial charge in [0.1, 0.15) is 0 Å². The monoisotopic (exact) mass is 337 g/mol. The number of aliphatic imine (C=N–C) groups is 1. The molecule has 0 saturated carbocycles. The maximum Gasteiger partial charge on any atom is 0.324 e. The Balaban J connectivity index is 1.55. The quantitative estimate of drug-likeness (QED) is 0.442. The van der Waals surface area contributed by atoms with Crippen LogP contribution in [-0.2, 0) is 4.74 Å². The normalized spacial score (nSPS) is 19.5. The topological polar surface area (TPSA) is 104 Å². The average Bonchev–Trinajstić information content (AvgIpc) is 3.04. The highest BCUT2D eigenvalue weighted by molar-refractivity contribution is 8.03. The van der Waals surface area contributed by atoms with Crippen LogP contribution in [0.2, 0.25) is 0 Å². The van der Waals surface area contributed by atoms with E-state index in [1.54, 1.807) is 11.0 Å². The van der Waals surface area contributed by atoms with E-state index in [9.17, 15) is 5.11 Å². The number of hydrogen-bond donors (Lipinski definition) is 1. The van der Waals surface area contributed by atoms with E-state index in [0.717, 1.165) is 36.5 Å². The number of nitrogens with zero attached hydrogens (tertiary/aromatic N) is 4. The number of nitrogens with two attached hydrogens (primary N) is 1. The van der Waals surface area contributed by atoms with Crippen LogP contribution < -0.4 is 20.6 Å². The fourth-order valence-electron chi connectivity index (χ4n) is 2.23. The second-order valence-corrected chi connectivity index (χ2v) is 6.30. The number of morpholine rings is 1. The number of hydrogen-bond acceptors (Lipinski definition) is 8. The lowest BCUT2D eigenvalue weighted by Crippen LogP contribution is -2.62. The summed E-state index contributed by atoms with van der Waals surface area (Å²) < 4.78 is 10.4. The van der Waals surface area contributed by atoms with Crippen LogP contribution in [0.4, 0.5) is 5.88 Å². The average molecular weight is 337 g/mol. The molecule has 1 fully saturated rings. The molecule has 0 spiro atoms. The van der Waals surface area contributed by atoms with Crippen molar-refractivity contribution in [3.8, 4) is 0 Å². The summed E-state index contributed by atoms with van der Waals surface area (Å²) in [5, 5.41) is 17.8. The molecule has 0 amide bonds. The Bertz CT molecular complexity index is 634. The molecule has 2 N–H and O–H groups in total. The molecule has 3 rings (SSSR count). The van der Waals surface area contributed by atoms with Crippen LogP contribution in [0.1, 0.15) is 12.8 Å². The number of rotatable bonds is 5. The molecule has 1 aromatic heterocycles. The Morgan fingerprint density at radius 1 is 1.39 bits per heavy atom. The van der Waals surface area contributed by atoms with E-state index in [4.69, 9.17) is 15.0 Å². The van der Waals surface area contributed by atoms with Gasteiger partial charge in [-0.3, -0.25) is 4.52 Å². The van der Waals surface area contributed by atoms with Crippen LogP contribution in [0.5, 0.6) is 0 Å². The van der Waals surface area contributed by atoms with E-state index >= 15 is 0 Å². The first-order valence-electron chi connectivity index (χ1n) is 7.45. The lowest BCUT2D eigenvalue weighted by atomic mass is 10.1. The first-order valence-corrected chi connectivity index (χ1v) is 8.43. The number of ether oxygens (including phenoxy) is 1. The van der Waals surface area contributed by atoms with Gasteiger partial charge in [0.2, 0.25) is 5.27 Å². The molecule has 0 atom stereocenters. The van der Waals surface area contributed by atoms with Gasteiger partial charge in [-0.1, -0.05) is 6.08 Å². The molecule has 1 aliphatic carbocycles. The first kappa shape index (κ1) is 15.9. The van der Waals surface area contributed by atoms with E-state index in [-0.39, 0.29) is 17.5 Å². The van der Waals surface area contributed by atoms with E-state index in [2.05, 4.69) is 10.3 Å². The number of allylic oxidation sites excluding steroid dienone is 4. The minimum atomic E-state index is -0.247. The Morgan fingerprint density at radius 3 is 2.96 bits per heavy atom. The first-order chi connectivity index (χ1) is 11.2. The zero-order valence-corrected chi connectivity index (χ0v) is 13.5. The maximum atomic E-state index is 11.9. The molecule has 124 valence electrons. The van der Waals surface area contributed by atoms with Crippen molar-refractivity contribution < 1.29 is 19.2 Å². The highest BCUT2D eigenvalue weighted by Crippen LogP contribution is 2.25. The van der Waals surface area contributed by atoms with Crippen LogP contribution in [0.3, 0.4) is 0 Å². The van der Waals surface area contributed by atoms with Crippen molar-refractivity contribution in [2.24, 2.45) is 10.7 Å².